The Morgan fingerprint density at radius 1 is 1.50 bits per heavy atom. The molecule has 0 bridgehead atoms. The maximum Gasteiger partial charge on any atom is 0.321 e. The molecule has 7 heteroatoms. The molecule has 0 amide bonds. The summed E-state index contributed by atoms with van der Waals surface area (Å²) in [4.78, 5) is 10.5. The maximum absolute atomic E-state index is 10.5. The number of nitrogens with two attached hydrogens (primary N) is 1. The number of oxime groups is 1. The first kappa shape index (κ1) is 15.6. The smallest absolute Gasteiger partial charge is 0.321 e. The SMILES string of the molecule is CSCCCCC(=NO)SCC(N)C(=O)O. The summed E-state index contributed by atoms with van der Waals surface area (Å²) in [5.74, 6) is 0.280. The molecule has 0 heterocycles. The number of unbranched alkanes of at least 4 members (excludes halogenated alkanes) is 1. The molecule has 1 atom stereocenters. The predicted molar refractivity (Wildman–Crippen MR) is 69.5 cm³/mol. The van der Waals surface area contributed by atoms with Crippen LogP contribution in [0.2, 0.25) is 0 Å². The highest BCUT2D eigenvalue weighted by atomic mass is 32.2. The average molecular weight is 266 g/mol. The highest BCUT2D eigenvalue weighted by Gasteiger charge is 2.13. The van der Waals surface area contributed by atoms with E-state index in [1.54, 1.807) is 11.8 Å². The zero-order valence-corrected chi connectivity index (χ0v) is 10.9. The molecular formula is C9H18N2O3S2. The van der Waals surface area contributed by atoms with Crippen LogP contribution in [0, 0.1) is 0 Å². The Balaban J connectivity index is 3.72. The fraction of sp³-hybridized carbons (Fsp3) is 0.778. The van der Waals surface area contributed by atoms with E-state index in [-0.39, 0.29) is 5.75 Å². The number of carboxylic acid groups (broad SMARTS) is 1. The Kier molecular flexibility index (Phi) is 9.55. The number of hydrogen-bond acceptors (Lipinski definition) is 6. The van der Waals surface area contributed by atoms with Gasteiger partial charge in [0.1, 0.15) is 11.1 Å². The summed E-state index contributed by atoms with van der Waals surface area (Å²) in [6, 6.07) is -0.909. The summed E-state index contributed by atoms with van der Waals surface area (Å²) in [6.45, 7) is 0. The van der Waals surface area contributed by atoms with Gasteiger partial charge in [-0.05, 0) is 31.3 Å². The Morgan fingerprint density at radius 2 is 2.19 bits per heavy atom. The molecule has 16 heavy (non-hydrogen) atoms. The molecule has 1 unspecified atom stereocenters. The van der Waals surface area contributed by atoms with Crippen molar-refractivity contribution in [2.45, 2.75) is 25.3 Å². The number of aliphatic carboxylic acids is 1. The van der Waals surface area contributed by atoms with Crippen molar-refractivity contribution >= 4 is 34.5 Å². The number of carboxylic acids is 1. The third-order valence-electron chi connectivity index (χ3n) is 1.85. The van der Waals surface area contributed by atoms with E-state index in [0.717, 1.165) is 18.6 Å². The third kappa shape index (κ3) is 7.84. The minimum atomic E-state index is -1.04. The molecule has 4 N–H and O–H groups in total. The fourth-order valence-corrected chi connectivity index (χ4v) is 2.28. The number of carbonyl (C=O) groups is 1. The number of rotatable bonds is 8. The first-order chi connectivity index (χ1) is 7.61. The predicted octanol–water partition coefficient (Wildman–Crippen LogP) is 1.45. The molecule has 0 aliphatic carbocycles. The van der Waals surface area contributed by atoms with Gasteiger partial charge in [0, 0.05) is 5.75 Å². The molecule has 0 radical (unpaired) electrons. The van der Waals surface area contributed by atoms with Gasteiger partial charge in [0.25, 0.3) is 0 Å². The molecule has 0 rings (SSSR count). The van der Waals surface area contributed by atoms with E-state index >= 15 is 0 Å². The van der Waals surface area contributed by atoms with Crippen LogP contribution in [0.3, 0.4) is 0 Å². The monoisotopic (exact) mass is 266 g/mol. The first-order valence-electron chi connectivity index (χ1n) is 4.92. The Labute approximate surface area is 104 Å². The molecule has 0 aliphatic heterocycles. The second kappa shape index (κ2) is 9.80. The van der Waals surface area contributed by atoms with E-state index in [1.165, 1.54) is 11.8 Å². The largest absolute Gasteiger partial charge is 0.480 e. The summed E-state index contributed by atoms with van der Waals surface area (Å²) in [6.07, 6.45) is 4.72. The van der Waals surface area contributed by atoms with Crippen LogP contribution in [0.15, 0.2) is 5.16 Å². The topological polar surface area (TPSA) is 95.9 Å². The van der Waals surface area contributed by atoms with Gasteiger partial charge in [0.15, 0.2) is 0 Å². The Bertz CT molecular complexity index is 237. The fourth-order valence-electron chi connectivity index (χ4n) is 0.931. The Hall–Kier alpha value is -0.400. The number of thioether (sulfide) groups is 2. The van der Waals surface area contributed by atoms with Gasteiger partial charge < -0.3 is 16.0 Å². The third-order valence-corrected chi connectivity index (χ3v) is 3.69. The Morgan fingerprint density at radius 3 is 2.69 bits per heavy atom. The molecular weight excluding hydrogens is 248 g/mol. The lowest BCUT2D eigenvalue weighted by Crippen LogP contribution is -2.32. The standard InChI is InChI=1S/C9H18N2O3S2/c1-15-5-3-2-4-8(11-14)16-6-7(10)9(12)13/h7,14H,2-6,10H2,1H3,(H,12,13). The molecule has 5 nitrogen and oxygen atoms in total. The van der Waals surface area contributed by atoms with Crippen molar-refractivity contribution in [2.75, 3.05) is 17.8 Å². The maximum atomic E-state index is 10.5. The number of hydrogen-bond donors (Lipinski definition) is 3. The highest BCUT2D eigenvalue weighted by Crippen LogP contribution is 2.13. The van der Waals surface area contributed by atoms with E-state index in [1.807, 2.05) is 6.26 Å². The molecule has 0 fully saturated rings. The van der Waals surface area contributed by atoms with Crippen molar-refractivity contribution in [3.05, 3.63) is 0 Å². The van der Waals surface area contributed by atoms with Gasteiger partial charge >= 0.3 is 5.97 Å². The summed E-state index contributed by atoms with van der Waals surface area (Å²) < 4.78 is 0. The van der Waals surface area contributed by atoms with Crippen LogP contribution >= 0.6 is 23.5 Å². The summed E-state index contributed by atoms with van der Waals surface area (Å²) in [5.41, 5.74) is 5.34. The second-order valence-corrected chi connectivity index (χ2v) is 5.28. The minimum absolute atomic E-state index is 0.233. The van der Waals surface area contributed by atoms with Crippen LogP contribution in [0.5, 0.6) is 0 Å². The molecule has 0 aromatic rings. The van der Waals surface area contributed by atoms with E-state index in [2.05, 4.69) is 5.16 Å². The average Bonchev–Trinajstić information content (AvgIpc) is 2.27. The van der Waals surface area contributed by atoms with E-state index in [9.17, 15) is 4.79 Å². The molecule has 94 valence electrons. The van der Waals surface area contributed by atoms with Crippen LogP contribution in [0.4, 0.5) is 0 Å². The van der Waals surface area contributed by atoms with Gasteiger partial charge in [-0.15, -0.1) is 11.8 Å². The van der Waals surface area contributed by atoms with Gasteiger partial charge in [-0.2, -0.15) is 11.8 Å². The second-order valence-electron chi connectivity index (χ2n) is 3.20. The van der Waals surface area contributed by atoms with Crippen molar-refractivity contribution in [3.8, 4) is 0 Å². The number of nitrogens with zero attached hydrogens (tertiary/aromatic N) is 1. The van der Waals surface area contributed by atoms with E-state index in [4.69, 9.17) is 16.0 Å². The lowest BCUT2D eigenvalue weighted by molar-refractivity contribution is -0.137. The normalized spacial score (nSPS) is 13.8. The van der Waals surface area contributed by atoms with Gasteiger partial charge in [-0.1, -0.05) is 5.16 Å². The van der Waals surface area contributed by atoms with Gasteiger partial charge in [0.05, 0.1) is 0 Å². The molecule has 0 saturated heterocycles. The lowest BCUT2D eigenvalue weighted by Gasteiger charge is -2.07. The quantitative estimate of drug-likeness (QED) is 0.202. The molecule has 0 spiro atoms. The van der Waals surface area contributed by atoms with Gasteiger partial charge in [0.2, 0.25) is 0 Å². The molecule has 0 saturated carbocycles. The van der Waals surface area contributed by atoms with Crippen LogP contribution in [0.1, 0.15) is 19.3 Å². The summed E-state index contributed by atoms with van der Waals surface area (Å²) in [5, 5.41) is 21.0. The van der Waals surface area contributed by atoms with Gasteiger partial charge in [-0.3, -0.25) is 4.79 Å². The lowest BCUT2D eigenvalue weighted by atomic mass is 10.3. The highest BCUT2D eigenvalue weighted by molar-refractivity contribution is 8.14. The van der Waals surface area contributed by atoms with Crippen molar-refractivity contribution in [1.82, 2.24) is 0 Å². The van der Waals surface area contributed by atoms with Crippen molar-refractivity contribution in [3.63, 3.8) is 0 Å². The van der Waals surface area contributed by atoms with E-state index in [0.29, 0.717) is 11.5 Å². The van der Waals surface area contributed by atoms with Crippen molar-refractivity contribution < 1.29 is 15.1 Å². The summed E-state index contributed by atoms with van der Waals surface area (Å²) >= 11 is 2.98. The zero-order valence-electron chi connectivity index (χ0n) is 9.26. The summed E-state index contributed by atoms with van der Waals surface area (Å²) in [7, 11) is 0. The van der Waals surface area contributed by atoms with Crippen LogP contribution in [-0.4, -0.2) is 45.1 Å². The van der Waals surface area contributed by atoms with Crippen LogP contribution in [0.25, 0.3) is 0 Å². The van der Waals surface area contributed by atoms with Crippen LogP contribution in [-0.2, 0) is 4.79 Å². The minimum Gasteiger partial charge on any atom is -0.480 e. The zero-order chi connectivity index (χ0) is 12.4. The van der Waals surface area contributed by atoms with Crippen molar-refractivity contribution in [1.29, 1.82) is 0 Å². The van der Waals surface area contributed by atoms with Gasteiger partial charge in [-0.25, -0.2) is 0 Å². The van der Waals surface area contributed by atoms with Crippen molar-refractivity contribution in [2.24, 2.45) is 10.9 Å². The van der Waals surface area contributed by atoms with Crippen LogP contribution < -0.4 is 5.73 Å². The van der Waals surface area contributed by atoms with E-state index < -0.39 is 12.0 Å². The molecule has 0 aromatic heterocycles. The first-order valence-corrected chi connectivity index (χ1v) is 7.30. The molecule has 0 aromatic carbocycles. The molecule has 0 aliphatic rings.